The Morgan fingerprint density at radius 1 is 1.56 bits per heavy atom. The van der Waals surface area contributed by atoms with E-state index in [1.54, 1.807) is 0 Å². The lowest BCUT2D eigenvalue weighted by atomic mass is 10.0. The summed E-state index contributed by atoms with van der Waals surface area (Å²) in [5, 5.41) is 0. The van der Waals surface area contributed by atoms with Crippen molar-refractivity contribution in [3.63, 3.8) is 0 Å². The lowest BCUT2D eigenvalue weighted by Crippen LogP contribution is -2.21. The predicted molar refractivity (Wildman–Crippen MR) is 63.6 cm³/mol. The molecule has 1 fully saturated rings. The summed E-state index contributed by atoms with van der Waals surface area (Å²) in [6.45, 7) is 3.60. The first-order valence-corrected chi connectivity index (χ1v) is 5.87. The van der Waals surface area contributed by atoms with Crippen LogP contribution in [0.3, 0.4) is 0 Å². The molecule has 2 unspecified atom stereocenters. The van der Waals surface area contributed by atoms with Crippen molar-refractivity contribution in [1.29, 1.82) is 0 Å². The minimum atomic E-state index is 0.238. The zero-order valence-corrected chi connectivity index (χ0v) is 9.69. The lowest BCUT2D eigenvalue weighted by molar-refractivity contribution is 0.263. The van der Waals surface area contributed by atoms with E-state index in [-0.39, 0.29) is 6.04 Å². The minimum Gasteiger partial charge on any atom is -0.491 e. The molecule has 0 aromatic heterocycles. The fourth-order valence-corrected chi connectivity index (χ4v) is 1.56. The molecule has 1 aromatic rings. The summed E-state index contributed by atoms with van der Waals surface area (Å²) in [7, 11) is 0. The van der Waals surface area contributed by atoms with E-state index in [2.05, 4.69) is 19.1 Å². The Morgan fingerprint density at radius 3 is 3.06 bits per heavy atom. The molecule has 1 aliphatic heterocycles. The van der Waals surface area contributed by atoms with E-state index in [0.29, 0.717) is 12.7 Å². The molecule has 2 atom stereocenters. The monoisotopic (exact) mass is 221 g/mol. The van der Waals surface area contributed by atoms with Gasteiger partial charge in [0.15, 0.2) is 0 Å². The number of hydrogen-bond acceptors (Lipinski definition) is 3. The molecule has 2 rings (SSSR count). The van der Waals surface area contributed by atoms with Crippen LogP contribution in [0.5, 0.6) is 5.75 Å². The van der Waals surface area contributed by atoms with Crippen LogP contribution in [0.15, 0.2) is 24.3 Å². The number of rotatable bonds is 6. The molecule has 88 valence electrons. The molecular formula is C13H19NO2. The Kier molecular flexibility index (Phi) is 3.80. The first-order chi connectivity index (χ1) is 7.78. The third-order valence-corrected chi connectivity index (χ3v) is 2.76. The van der Waals surface area contributed by atoms with Gasteiger partial charge in [0, 0.05) is 6.04 Å². The van der Waals surface area contributed by atoms with E-state index in [9.17, 15) is 0 Å². The second-order valence-electron chi connectivity index (χ2n) is 4.29. The summed E-state index contributed by atoms with van der Waals surface area (Å²) in [6.07, 6.45) is 2.22. The van der Waals surface area contributed by atoms with Crippen molar-refractivity contribution >= 4 is 0 Å². The second-order valence-corrected chi connectivity index (χ2v) is 4.29. The Hall–Kier alpha value is -1.06. The molecule has 1 saturated heterocycles. The SMILES string of the molecule is CCC(N)Cc1cccc(OCC2CO2)c1. The summed E-state index contributed by atoms with van der Waals surface area (Å²) in [6, 6.07) is 8.39. The third-order valence-electron chi connectivity index (χ3n) is 2.76. The molecular weight excluding hydrogens is 202 g/mol. The highest BCUT2D eigenvalue weighted by Gasteiger charge is 2.22. The Balaban J connectivity index is 1.89. The van der Waals surface area contributed by atoms with Gasteiger partial charge in [-0.1, -0.05) is 19.1 Å². The Morgan fingerprint density at radius 2 is 2.38 bits per heavy atom. The average Bonchev–Trinajstić information content (AvgIpc) is 3.10. The van der Waals surface area contributed by atoms with Crippen LogP contribution in [-0.2, 0) is 11.2 Å². The summed E-state index contributed by atoms with van der Waals surface area (Å²) in [5.41, 5.74) is 7.17. The van der Waals surface area contributed by atoms with Gasteiger partial charge in [0.25, 0.3) is 0 Å². The van der Waals surface area contributed by atoms with E-state index in [1.165, 1.54) is 5.56 Å². The summed E-state index contributed by atoms with van der Waals surface area (Å²) in [5.74, 6) is 0.913. The van der Waals surface area contributed by atoms with Crippen molar-refractivity contribution < 1.29 is 9.47 Å². The normalized spacial score (nSPS) is 20.5. The van der Waals surface area contributed by atoms with Gasteiger partial charge >= 0.3 is 0 Å². The van der Waals surface area contributed by atoms with Crippen LogP contribution in [0, 0.1) is 0 Å². The zero-order chi connectivity index (χ0) is 11.4. The Bertz CT molecular complexity index is 336. The number of nitrogens with two attached hydrogens (primary N) is 1. The summed E-state index contributed by atoms with van der Waals surface area (Å²) < 4.78 is 10.7. The molecule has 0 radical (unpaired) electrons. The smallest absolute Gasteiger partial charge is 0.119 e. The first kappa shape index (κ1) is 11.4. The molecule has 1 aromatic carbocycles. The maximum atomic E-state index is 5.93. The Labute approximate surface area is 96.5 Å². The van der Waals surface area contributed by atoms with Crippen LogP contribution >= 0.6 is 0 Å². The van der Waals surface area contributed by atoms with E-state index in [4.69, 9.17) is 15.2 Å². The molecule has 0 bridgehead atoms. The maximum absolute atomic E-state index is 5.93. The lowest BCUT2D eigenvalue weighted by Gasteiger charge is -2.10. The van der Waals surface area contributed by atoms with Gasteiger partial charge in [0.05, 0.1) is 6.61 Å². The molecule has 1 aliphatic rings. The molecule has 0 saturated carbocycles. The summed E-state index contributed by atoms with van der Waals surface area (Å²) in [4.78, 5) is 0. The van der Waals surface area contributed by atoms with Crippen molar-refractivity contribution in [1.82, 2.24) is 0 Å². The van der Waals surface area contributed by atoms with Crippen LogP contribution in [0.2, 0.25) is 0 Å². The topological polar surface area (TPSA) is 47.8 Å². The second kappa shape index (κ2) is 5.32. The van der Waals surface area contributed by atoms with E-state index >= 15 is 0 Å². The fraction of sp³-hybridized carbons (Fsp3) is 0.538. The highest BCUT2D eigenvalue weighted by molar-refractivity contribution is 5.29. The zero-order valence-electron chi connectivity index (χ0n) is 9.69. The maximum Gasteiger partial charge on any atom is 0.119 e. The third kappa shape index (κ3) is 3.51. The van der Waals surface area contributed by atoms with E-state index in [0.717, 1.165) is 25.2 Å². The van der Waals surface area contributed by atoms with E-state index in [1.807, 2.05) is 12.1 Å². The molecule has 3 nitrogen and oxygen atoms in total. The number of ether oxygens (including phenoxy) is 2. The van der Waals surface area contributed by atoms with Gasteiger partial charge in [-0.05, 0) is 30.5 Å². The van der Waals surface area contributed by atoms with Crippen LogP contribution in [0.1, 0.15) is 18.9 Å². The van der Waals surface area contributed by atoms with Gasteiger partial charge in [-0.15, -0.1) is 0 Å². The van der Waals surface area contributed by atoms with Crippen LogP contribution in [0.4, 0.5) is 0 Å². The number of hydrogen-bond donors (Lipinski definition) is 1. The van der Waals surface area contributed by atoms with E-state index < -0.39 is 0 Å². The average molecular weight is 221 g/mol. The molecule has 1 heterocycles. The molecule has 3 heteroatoms. The van der Waals surface area contributed by atoms with Gasteiger partial charge < -0.3 is 15.2 Å². The van der Waals surface area contributed by atoms with Crippen molar-refractivity contribution in [2.75, 3.05) is 13.2 Å². The number of benzene rings is 1. The molecule has 0 aliphatic carbocycles. The van der Waals surface area contributed by atoms with Crippen molar-refractivity contribution in [3.05, 3.63) is 29.8 Å². The van der Waals surface area contributed by atoms with Crippen molar-refractivity contribution in [2.24, 2.45) is 5.73 Å². The fourth-order valence-electron chi connectivity index (χ4n) is 1.56. The highest BCUT2D eigenvalue weighted by Crippen LogP contribution is 2.17. The van der Waals surface area contributed by atoms with Crippen LogP contribution < -0.4 is 10.5 Å². The predicted octanol–water partition coefficient (Wildman–Crippen LogP) is 1.74. The molecule has 16 heavy (non-hydrogen) atoms. The van der Waals surface area contributed by atoms with Gasteiger partial charge in [-0.25, -0.2) is 0 Å². The molecule has 0 amide bonds. The van der Waals surface area contributed by atoms with Gasteiger partial charge in [-0.2, -0.15) is 0 Å². The molecule has 2 N–H and O–H groups in total. The molecule has 0 spiro atoms. The minimum absolute atomic E-state index is 0.238. The van der Waals surface area contributed by atoms with Crippen molar-refractivity contribution in [3.8, 4) is 5.75 Å². The van der Waals surface area contributed by atoms with Gasteiger partial charge in [-0.3, -0.25) is 0 Å². The first-order valence-electron chi connectivity index (χ1n) is 5.87. The largest absolute Gasteiger partial charge is 0.491 e. The number of epoxide rings is 1. The van der Waals surface area contributed by atoms with Crippen LogP contribution in [0.25, 0.3) is 0 Å². The quantitative estimate of drug-likeness (QED) is 0.744. The van der Waals surface area contributed by atoms with Crippen molar-refractivity contribution in [2.45, 2.75) is 31.9 Å². The summed E-state index contributed by atoms with van der Waals surface area (Å²) >= 11 is 0. The van der Waals surface area contributed by atoms with Crippen LogP contribution in [-0.4, -0.2) is 25.4 Å². The van der Waals surface area contributed by atoms with Gasteiger partial charge in [0.2, 0.25) is 0 Å². The standard InChI is InChI=1S/C13H19NO2/c1-2-11(14)6-10-4-3-5-12(7-10)15-8-13-9-16-13/h3-5,7,11,13H,2,6,8-9,14H2,1H3. The highest BCUT2D eigenvalue weighted by atomic mass is 16.6. The van der Waals surface area contributed by atoms with Gasteiger partial charge in [0.1, 0.15) is 18.5 Å².